The average molecular weight is 212 g/mol. The van der Waals surface area contributed by atoms with Crippen molar-refractivity contribution in [3.63, 3.8) is 0 Å². The van der Waals surface area contributed by atoms with Crippen molar-refractivity contribution >= 4 is 17.1 Å². The van der Waals surface area contributed by atoms with Crippen LogP contribution in [0.3, 0.4) is 0 Å². The third-order valence-electron chi connectivity index (χ3n) is 1.12. The van der Waals surface area contributed by atoms with E-state index in [9.17, 15) is 13.2 Å². The number of unbranched alkanes of at least 4 members (excludes halogenated alkanes) is 1. The molecule has 0 amide bonds. The first-order chi connectivity index (χ1) is 6.16. The third-order valence-corrected chi connectivity index (χ3v) is 1.52. The van der Waals surface area contributed by atoms with Gasteiger partial charge in [-0.1, -0.05) is 0 Å². The van der Waals surface area contributed by atoms with E-state index in [1.165, 1.54) is 7.11 Å². The number of hydrogen-bond acceptors (Lipinski definition) is 6. The molecule has 0 rings (SSSR count). The minimum atomic E-state index is -2.77. The zero-order valence-electron chi connectivity index (χ0n) is 7.23. The first-order valence-corrected chi connectivity index (χ1v) is 4.74. The minimum absolute atomic E-state index is 0.114. The molecule has 0 saturated heterocycles. The summed E-state index contributed by atoms with van der Waals surface area (Å²) < 4.78 is 32.8. The fourth-order valence-electron chi connectivity index (χ4n) is 0.558. The number of thiol groups is 1. The first-order valence-electron chi connectivity index (χ1n) is 3.65. The Labute approximate surface area is 77.9 Å². The van der Waals surface area contributed by atoms with Gasteiger partial charge in [-0.3, -0.25) is 4.18 Å². The summed E-state index contributed by atoms with van der Waals surface area (Å²) in [6, 6.07) is 0. The number of hydrogen-bond donors (Lipinski definition) is 1. The quantitative estimate of drug-likeness (QED) is 0.382. The minimum Gasteiger partial charge on any atom is -0.438 e. The Balaban J connectivity index is 3.12. The smallest absolute Gasteiger partial charge is 0.438 e. The first kappa shape index (κ1) is 12.2. The standard InChI is InChI=1S/C6H12O6S/c1-10-6(7)11-4-2-3-5-12-13(8)9/h13H,2-5H2,1H3. The maximum absolute atomic E-state index is 10.4. The summed E-state index contributed by atoms with van der Waals surface area (Å²) in [5.41, 5.74) is 0. The Morgan fingerprint density at radius 1 is 1.23 bits per heavy atom. The summed E-state index contributed by atoms with van der Waals surface area (Å²) in [6.45, 7) is 0.314. The monoisotopic (exact) mass is 212 g/mol. The van der Waals surface area contributed by atoms with Gasteiger partial charge in [-0.05, 0) is 12.8 Å². The van der Waals surface area contributed by atoms with Gasteiger partial charge in [0.05, 0.1) is 20.3 Å². The molecule has 0 N–H and O–H groups in total. The van der Waals surface area contributed by atoms with E-state index in [0.717, 1.165) is 0 Å². The molecule has 0 aromatic rings. The molecule has 0 saturated carbocycles. The third kappa shape index (κ3) is 9.09. The number of rotatable bonds is 6. The zero-order chi connectivity index (χ0) is 10.1. The van der Waals surface area contributed by atoms with Crippen LogP contribution in [-0.2, 0) is 24.6 Å². The summed E-state index contributed by atoms with van der Waals surface area (Å²) in [5, 5.41) is 0. The lowest BCUT2D eigenvalue weighted by Crippen LogP contribution is -2.06. The van der Waals surface area contributed by atoms with Crippen molar-refractivity contribution in [2.75, 3.05) is 20.3 Å². The van der Waals surface area contributed by atoms with E-state index in [1.54, 1.807) is 0 Å². The van der Waals surface area contributed by atoms with E-state index in [1.807, 2.05) is 0 Å². The van der Waals surface area contributed by atoms with Crippen LogP contribution in [0, 0.1) is 0 Å². The van der Waals surface area contributed by atoms with Gasteiger partial charge in [0.25, 0.3) is 11.0 Å². The van der Waals surface area contributed by atoms with Gasteiger partial charge in [0, 0.05) is 0 Å². The Bertz CT molecular complexity index is 203. The summed E-state index contributed by atoms with van der Waals surface area (Å²) in [4.78, 5) is 10.4. The van der Waals surface area contributed by atoms with Crippen molar-refractivity contribution in [3.05, 3.63) is 0 Å². The van der Waals surface area contributed by atoms with Crippen molar-refractivity contribution in [3.8, 4) is 0 Å². The molecule has 0 spiro atoms. The van der Waals surface area contributed by atoms with Gasteiger partial charge in [0.15, 0.2) is 0 Å². The van der Waals surface area contributed by atoms with Crippen molar-refractivity contribution < 1.29 is 26.9 Å². The highest BCUT2D eigenvalue weighted by molar-refractivity contribution is 7.67. The Hall–Kier alpha value is -0.820. The highest BCUT2D eigenvalue weighted by Crippen LogP contribution is 1.92. The lowest BCUT2D eigenvalue weighted by molar-refractivity contribution is 0.0705. The van der Waals surface area contributed by atoms with E-state index in [2.05, 4.69) is 13.7 Å². The molecule has 0 aromatic heterocycles. The largest absolute Gasteiger partial charge is 0.507 e. The molecular formula is C6H12O6S. The Kier molecular flexibility index (Phi) is 7.32. The SMILES string of the molecule is COC(=O)OCCCCO[SH](=O)=O. The number of ether oxygens (including phenoxy) is 2. The molecular weight excluding hydrogens is 200 g/mol. The predicted octanol–water partition coefficient (Wildman–Crippen LogP) is 0.0926. The van der Waals surface area contributed by atoms with Crippen LogP contribution in [0.2, 0.25) is 0 Å². The second kappa shape index (κ2) is 7.81. The topological polar surface area (TPSA) is 78.9 Å². The summed E-state index contributed by atoms with van der Waals surface area (Å²) in [5.74, 6) is 0. The Morgan fingerprint density at radius 2 is 1.85 bits per heavy atom. The van der Waals surface area contributed by atoms with Gasteiger partial charge in [-0.2, -0.15) is 0 Å². The van der Waals surface area contributed by atoms with E-state index in [4.69, 9.17) is 0 Å². The summed E-state index contributed by atoms with van der Waals surface area (Å²) >= 11 is 0. The Morgan fingerprint density at radius 3 is 2.38 bits per heavy atom. The van der Waals surface area contributed by atoms with Crippen molar-refractivity contribution in [2.24, 2.45) is 0 Å². The van der Waals surface area contributed by atoms with Crippen molar-refractivity contribution in [2.45, 2.75) is 12.8 Å². The fourth-order valence-corrected chi connectivity index (χ4v) is 0.836. The van der Waals surface area contributed by atoms with Gasteiger partial charge in [0.1, 0.15) is 0 Å². The summed E-state index contributed by atoms with van der Waals surface area (Å²) in [6.07, 6.45) is 0.314. The predicted molar refractivity (Wildman–Crippen MR) is 43.9 cm³/mol. The molecule has 78 valence electrons. The van der Waals surface area contributed by atoms with Gasteiger partial charge in [-0.25, -0.2) is 13.2 Å². The van der Waals surface area contributed by atoms with Crippen LogP contribution in [0.5, 0.6) is 0 Å². The molecule has 6 nitrogen and oxygen atoms in total. The molecule has 0 aliphatic rings. The molecule has 0 aromatic carbocycles. The zero-order valence-corrected chi connectivity index (χ0v) is 8.12. The number of carbonyl (C=O) groups is 1. The van der Waals surface area contributed by atoms with E-state index in [-0.39, 0.29) is 13.2 Å². The van der Waals surface area contributed by atoms with Crippen LogP contribution in [0.1, 0.15) is 12.8 Å². The second-order valence-electron chi connectivity index (χ2n) is 2.07. The molecule has 0 aliphatic carbocycles. The van der Waals surface area contributed by atoms with Gasteiger partial charge >= 0.3 is 6.16 Å². The lowest BCUT2D eigenvalue weighted by Gasteiger charge is -2.01. The second-order valence-corrected chi connectivity index (χ2v) is 2.77. The summed E-state index contributed by atoms with van der Waals surface area (Å²) in [7, 11) is -1.55. The average Bonchev–Trinajstić information content (AvgIpc) is 2.10. The molecule has 0 unspecified atom stereocenters. The lowest BCUT2D eigenvalue weighted by atomic mass is 10.3. The maximum Gasteiger partial charge on any atom is 0.507 e. The van der Waals surface area contributed by atoms with E-state index >= 15 is 0 Å². The normalized spacial score (nSPS) is 10.0. The van der Waals surface area contributed by atoms with Crippen LogP contribution in [0.25, 0.3) is 0 Å². The van der Waals surface area contributed by atoms with Gasteiger partial charge in [0.2, 0.25) is 0 Å². The van der Waals surface area contributed by atoms with Crippen LogP contribution in [-0.4, -0.2) is 34.9 Å². The molecule has 0 radical (unpaired) electrons. The van der Waals surface area contributed by atoms with Crippen LogP contribution in [0.4, 0.5) is 4.79 Å². The molecule has 0 fully saturated rings. The van der Waals surface area contributed by atoms with Gasteiger partial charge in [-0.15, -0.1) is 0 Å². The molecule has 0 atom stereocenters. The van der Waals surface area contributed by atoms with Crippen molar-refractivity contribution in [1.29, 1.82) is 0 Å². The molecule has 0 bridgehead atoms. The van der Waals surface area contributed by atoms with Crippen LogP contribution < -0.4 is 0 Å². The molecule has 13 heavy (non-hydrogen) atoms. The van der Waals surface area contributed by atoms with Crippen LogP contribution >= 0.6 is 0 Å². The van der Waals surface area contributed by atoms with Gasteiger partial charge < -0.3 is 9.47 Å². The number of carbonyl (C=O) groups excluding carboxylic acids is 1. The fraction of sp³-hybridized carbons (Fsp3) is 0.833. The molecule has 0 aliphatic heterocycles. The maximum atomic E-state index is 10.4. The van der Waals surface area contributed by atoms with E-state index in [0.29, 0.717) is 12.8 Å². The highest BCUT2D eigenvalue weighted by Gasteiger charge is 1.98. The molecule has 0 heterocycles. The highest BCUT2D eigenvalue weighted by atomic mass is 32.2. The van der Waals surface area contributed by atoms with E-state index < -0.39 is 17.1 Å². The van der Waals surface area contributed by atoms with Crippen LogP contribution in [0.15, 0.2) is 0 Å². The number of methoxy groups -OCH3 is 1. The van der Waals surface area contributed by atoms with Crippen molar-refractivity contribution in [1.82, 2.24) is 0 Å². The molecule has 7 heteroatoms.